The van der Waals surface area contributed by atoms with E-state index in [0.29, 0.717) is 36.6 Å². The Bertz CT molecular complexity index is 1480. The number of fused-ring (bicyclic) bond motifs is 2. The Labute approximate surface area is 221 Å². The van der Waals surface area contributed by atoms with Gasteiger partial charge in [0.25, 0.3) is 0 Å². The third-order valence-electron chi connectivity index (χ3n) is 7.48. The van der Waals surface area contributed by atoms with Crippen LogP contribution in [-0.4, -0.2) is 72.3 Å². The van der Waals surface area contributed by atoms with Crippen LogP contribution in [0, 0.1) is 11.6 Å². The van der Waals surface area contributed by atoms with Gasteiger partial charge in [-0.2, -0.15) is 0 Å². The normalized spacial score (nSPS) is 16.3. The highest BCUT2D eigenvalue weighted by Gasteiger charge is 2.26. The lowest BCUT2D eigenvalue weighted by atomic mass is 10.1. The number of hydrogen-bond acceptors (Lipinski definition) is 6. The maximum absolute atomic E-state index is 15.0. The van der Waals surface area contributed by atoms with Crippen molar-refractivity contribution in [2.45, 2.75) is 26.3 Å². The van der Waals surface area contributed by atoms with Crippen LogP contribution in [0.3, 0.4) is 0 Å². The van der Waals surface area contributed by atoms with E-state index in [-0.39, 0.29) is 17.5 Å². The molecule has 0 unspecified atom stereocenters. The van der Waals surface area contributed by atoms with Gasteiger partial charge in [0.15, 0.2) is 17.4 Å². The number of aromatic nitrogens is 3. The number of hydrogen-bond donors (Lipinski definition) is 1. The summed E-state index contributed by atoms with van der Waals surface area (Å²) in [4.78, 5) is 19.0. The molecule has 1 saturated heterocycles. The van der Waals surface area contributed by atoms with Gasteiger partial charge in [-0.05, 0) is 57.3 Å². The molecule has 1 fully saturated rings. The largest absolute Gasteiger partial charge is 0.486 e. The van der Waals surface area contributed by atoms with E-state index in [1.54, 1.807) is 6.07 Å². The number of H-pyrrole nitrogens is 1. The van der Waals surface area contributed by atoms with Crippen LogP contribution in [0.15, 0.2) is 42.6 Å². The molecule has 9 heteroatoms. The number of nitrogens with one attached hydrogen (secondary N) is 1. The van der Waals surface area contributed by atoms with Gasteiger partial charge >= 0.3 is 0 Å². The van der Waals surface area contributed by atoms with Crippen molar-refractivity contribution in [1.82, 2.24) is 19.9 Å². The van der Waals surface area contributed by atoms with Crippen LogP contribution in [0.4, 0.5) is 20.2 Å². The smallest absolute Gasteiger partial charge is 0.178 e. The Balaban J connectivity index is 1.28. The van der Waals surface area contributed by atoms with Crippen molar-refractivity contribution in [3.05, 3.63) is 65.7 Å². The number of aromatic amines is 1. The lowest BCUT2D eigenvalue weighted by molar-refractivity contribution is 0.287. The first-order valence-corrected chi connectivity index (χ1v) is 13.2. The Morgan fingerprint density at radius 3 is 2.61 bits per heavy atom. The standard InChI is InChI=1S/C29H32F2N6O/c1-18(2)37-10-11-38-29-23(30)14-20(15-26(29)37)28-24(31)17-32-27(34-28)16-21-12-19-13-22(4-5-25(19)33-21)36-8-6-35(3)7-9-36/h4-5,12-15,17-18,33H,6-11,16H2,1-3H3. The third kappa shape index (κ3) is 4.67. The highest BCUT2D eigenvalue weighted by molar-refractivity contribution is 5.84. The van der Waals surface area contributed by atoms with Gasteiger partial charge in [-0.25, -0.2) is 18.7 Å². The fourth-order valence-corrected chi connectivity index (χ4v) is 5.37. The molecule has 0 atom stereocenters. The molecule has 198 valence electrons. The minimum Gasteiger partial charge on any atom is -0.486 e. The highest BCUT2D eigenvalue weighted by atomic mass is 19.1. The molecule has 7 nitrogen and oxygen atoms in total. The van der Waals surface area contributed by atoms with Crippen molar-refractivity contribution < 1.29 is 13.5 Å². The van der Waals surface area contributed by atoms with Gasteiger partial charge in [-0.15, -0.1) is 0 Å². The number of halogens is 2. The second kappa shape index (κ2) is 9.87. The van der Waals surface area contributed by atoms with Gasteiger partial charge in [0.2, 0.25) is 0 Å². The van der Waals surface area contributed by atoms with Gasteiger partial charge in [-0.1, -0.05) is 0 Å². The molecule has 2 aromatic heterocycles. The zero-order chi connectivity index (χ0) is 26.4. The van der Waals surface area contributed by atoms with Crippen LogP contribution in [0.5, 0.6) is 5.75 Å². The number of rotatable bonds is 5. The van der Waals surface area contributed by atoms with E-state index < -0.39 is 11.6 Å². The average Bonchev–Trinajstić information content (AvgIpc) is 3.31. The van der Waals surface area contributed by atoms with E-state index in [9.17, 15) is 4.39 Å². The molecule has 0 bridgehead atoms. The van der Waals surface area contributed by atoms with E-state index >= 15 is 4.39 Å². The van der Waals surface area contributed by atoms with Gasteiger partial charge in [0.1, 0.15) is 18.1 Å². The molecule has 2 aliphatic rings. The molecule has 4 aromatic rings. The molecule has 38 heavy (non-hydrogen) atoms. The predicted molar refractivity (Wildman–Crippen MR) is 146 cm³/mol. The zero-order valence-corrected chi connectivity index (χ0v) is 22.0. The summed E-state index contributed by atoms with van der Waals surface area (Å²) in [5.74, 6) is -0.441. The molecule has 2 aliphatic heterocycles. The summed E-state index contributed by atoms with van der Waals surface area (Å²) in [5, 5.41) is 1.12. The van der Waals surface area contributed by atoms with Crippen LogP contribution in [-0.2, 0) is 6.42 Å². The minimum absolute atomic E-state index is 0.0828. The van der Waals surface area contributed by atoms with Crippen molar-refractivity contribution in [3.8, 4) is 17.0 Å². The molecular formula is C29H32F2N6O. The molecule has 2 aromatic carbocycles. The zero-order valence-electron chi connectivity index (χ0n) is 22.0. The molecular weight excluding hydrogens is 486 g/mol. The predicted octanol–water partition coefficient (Wildman–Crippen LogP) is 4.85. The van der Waals surface area contributed by atoms with Crippen LogP contribution in [0.2, 0.25) is 0 Å². The van der Waals surface area contributed by atoms with Crippen molar-refractivity contribution in [2.75, 3.05) is 56.2 Å². The first-order chi connectivity index (χ1) is 18.4. The topological polar surface area (TPSA) is 60.5 Å². The Kier molecular flexibility index (Phi) is 6.39. The van der Waals surface area contributed by atoms with Crippen molar-refractivity contribution in [1.29, 1.82) is 0 Å². The molecule has 6 rings (SSSR count). The van der Waals surface area contributed by atoms with Gasteiger partial charge in [0, 0.05) is 66.5 Å². The van der Waals surface area contributed by atoms with E-state index in [1.165, 1.54) is 18.0 Å². The second-order valence-electron chi connectivity index (χ2n) is 10.5. The van der Waals surface area contributed by atoms with Gasteiger partial charge < -0.3 is 24.4 Å². The molecule has 0 aliphatic carbocycles. The number of piperazine rings is 1. The van der Waals surface area contributed by atoms with Crippen molar-refractivity contribution in [2.24, 2.45) is 0 Å². The average molecular weight is 519 g/mol. The van der Waals surface area contributed by atoms with Crippen LogP contribution in [0.1, 0.15) is 25.4 Å². The van der Waals surface area contributed by atoms with Crippen LogP contribution >= 0.6 is 0 Å². The lowest BCUT2D eigenvalue weighted by Crippen LogP contribution is -2.44. The van der Waals surface area contributed by atoms with Crippen molar-refractivity contribution in [3.63, 3.8) is 0 Å². The third-order valence-corrected chi connectivity index (χ3v) is 7.48. The van der Waals surface area contributed by atoms with E-state index in [2.05, 4.69) is 61.0 Å². The maximum Gasteiger partial charge on any atom is 0.178 e. The summed E-state index contributed by atoms with van der Waals surface area (Å²) in [6.45, 7) is 9.26. The number of likely N-dealkylation sites (N-methyl/N-ethyl adjacent to an activating group) is 1. The van der Waals surface area contributed by atoms with Gasteiger partial charge in [0.05, 0.1) is 18.4 Å². The van der Waals surface area contributed by atoms with E-state index in [0.717, 1.165) is 42.8 Å². The summed E-state index contributed by atoms with van der Waals surface area (Å²) in [6, 6.07) is 11.7. The monoisotopic (exact) mass is 518 g/mol. The molecule has 4 heterocycles. The maximum atomic E-state index is 15.0. The van der Waals surface area contributed by atoms with E-state index in [4.69, 9.17) is 4.74 Å². The Hall–Kier alpha value is -3.72. The number of anilines is 2. The highest BCUT2D eigenvalue weighted by Crippen LogP contribution is 2.39. The lowest BCUT2D eigenvalue weighted by Gasteiger charge is -2.34. The number of nitrogens with zero attached hydrogens (tertiary/aromatic N) is 5. The van der Waals surface area contributed by atoms with Crippen molar-refractivity contribution >= 4 is 22.3 Å². The van der Waals surface area contributed by atoms with Crippen LogP contribution < -0.4 is 14.5 Å². The molecule has 0 amide bonds. The Morgan fingerprint density at radius 2 is 1.82 bits per heavy atom. The summed E-state index contributed by atoms with van der Waals surface area (Å²) in [5.41, 5.74) is 4.25. The molecule has 1 N–H and O–H groups in total. The SMILES string of the molecule is CC(C)N1CCOc2c(F)cc(-c3nc(Cc4cc5cc(N6CCN(C)CC6)ccc5[nH]4)ncc3F)cc21. The Morgan fingerprint density at radius 1 is 1.00 bits per heavy atom. The molecule has 0 spiro atoms. The quantitative estimate of drug-likeness (QED) is 0.408. The summed E-state index contributed by atoms with van der Waals surface area (Å²) >= 11 is 0. The first kappa shape index (κ1) is 24.6. The summed E-state index contributed by atoms with van der Waals surface area (Å²) in [6.07, 6.45) is 1.57. The molecule has 0 saturated carbocycles. The fraction of sp³-hybridized carbons (Fsp3) is 0.379. The fourth-order valence-electron chi connectivity index (χ4n) is 5.37. The van der Waals surface area contributed by atoms with E-state index in [1.807, 2.05) is 13.8 Å². The van der Waals surface area contributed by atoms with Gasteiger partial charge in [-0.3, -0.25) is 0 Å². The first-order valence-electron chi connectivity index (χ1n) is 13.2. The number of benzene rings is 2. The number of ether oxygens (including phenoxy) is 1. The molecule has 0 radical (unpaired) electrons. The summed E-state index contributed by atoms with van der Waals surface area (Å²) in [7, 11) is 2.15. The van der Waals surface area contributed by atoms with Crippen LogP contribution in [0.25, 0.3) is 22.2 Å². The summed E-state index contributed by atoms with van der Waals surface area (Å²) < 4.78 is 35.5. The second-order valence-corrected chi connectivity index (χ2v) is 10.5. The minimum atomic E-state index is -0.589.